The third-order valence-electron chi connectivity index (χ3n) is 4.20. The number of aromatic nitrogens is 1. The molecular weight excluding hydrogens is 258 g/mol. The van der Waals surface area contributed by atoms with E-state index in [2.05, 4.69) is 53.0 Å². The van der Waals surface area contributed by atoms with Crippen LogP contribution >= 0.6 is 0 Å². The number of unbranched alkanes of at least 4 members (excludes halogenated alkanes) is 2. The Labute approximate surface area is 126 Å². The third-order valence-corrected chi connectivity index (χ3v) is 4.20. The highest BCUT2D eigenvalue weighted by Gasteiger charge is 2.11. The van der Waals surface area contributed by atoms with Crippen LogP contribution in [0.3, 0.4) is 0 Å². The molecule has 0 atom stereocenters. The van der Waals surface area contributed by atoms with Gasteiger partial charge in [0.1, 0.15) is 0 Å². The Kier molecular flexibility index (Phi) is 4.61. The predicted molar refractivity (Wildman–Crippen MR) is 91.8 cm³/mol. The first-order valence-corrected chi connectivity index (χ1v) is 8.13. The second-order valence-corrected chi connectivity index (χ2v) is 5.78. The van der Waals surface area contributed by atoms with Crippen LogP contribution in [0.1, 0.15) is 38.2 Å². The van der Waals surface area contributed by atoms with E-state index in [1.54, 1.807) is 0 Å². The number of anilines is 1. The standard InChI is InChI=1S/C18H25N3/c1-2-3-4-9-20-15-5-6-18-16(12-15)17(13-21-18)14-7-10-19-11-8-14/h5-7,12-13,19-21H,2-4,8-11H2,1H3. The Morgan fingerprint density at radius 3 is 3.00 bits per heavy atom. The number of hydrogen-bond acceptors (Lipinski definition) is 2. The molecule has 1 aromatic heterocycles. The van der Waals surface area contributed by atoms with Crippen molar-refractivity contribution in [2.24, 2.45) is 0 Å². The van der Waals surface area contributed by atoms with Crippen molar-refractivity contribution in [1.82, 2.24) is 10.3 Å². The van der Waals surface area contributed by atoms with E-state index in [1.165, 1.54) is 47.0 Å². The molecule has 2 aromatic rings. The first-order chi connectivity index (χ1) is 10.4. The fourth-order valence-corrected chi connectivity index (χ4v) is 2.97. The number of H-pyrrole nitrogens is 1. The maximum absolute atomic E-state index is 3.55. The van der Waals surface area contributed by atoms with Gasteiger partial charge in [-0.25, -0.2) is 0 Å². The van der Waals surface area contributed by atoms with Gasteiger partial charge >= 0.3 is 0 Å². The van der Waals surface area contributed by atoms with Crippen LogP contribution in [0.4, 0.5) is 5.69 Å². The largest absolute Gasteiger partial charge is 0.385 e. The third kappa shape index (κ3) is 3.30. The van der Waals surface area contributed by atoms with Crippen molar-refractivity contribution in [3.63, 3.8) is 0 Å². The van der Waals surface area contributed by atoms with E-state index in [0.29, 0.717) is 0 Å². The fourth-order valence-electron chi connectivity index (χ4n) is 2.97. The minimum Gasteiger partial charge on any atom is -0.385 e. The lowest BCUT2D eigenvalue weighted by Gasteiger charge is -2.13. The summed E-state index contributed by atoms with van der Waals surface area (Å²) in [7, 11) is 0. The molecule has 1 aliphatic rings. The highest BCUT2D eigenvalue weighted by molar-refractivity contribution is 5.94. The van der Waals surface area contributed by atoms with E-state index in [4.69, 9.17) is 0 Å². The summed E-state index contributed by atoms with van der Waals surface area (Å²) in [5.74, 6) is 0. The van der Waals surface area contributed by atoms with Crippen LogP contribution in [0.25, 0.3) is 16.5 Å². The quantitative estimate of drug-likeness (QED) is 0.697. The number of rotatable bonds is 6. The van der Waals surface area contributed by atoms with Crippen molar-refractivity contribution in [3.8, 4) is 0 Å². The van der Waals surface area contributed by atoms with Crippen molar-refractivity contribution < 1.29 is 0 Å². The first-order valence-electron chi connectivity index (χ1n) is 8.13. The topological polar surface area (TPSA) is 39.9 Å². The van der Waals surface area contributed by atoms with Gasteiger partial charge in [0.25, 0.3) is 0 Å². The van der Waals surface area contributed by atoms with Gasteiger partial charge in [0, 0.05) is 41.4 Å². The lowest BCUT2D eigenvalue weighted by Crippen LogP contribution is -2.19. The Bertz CT molecular complexity index is 624. The number of benzene rings is 1. The minimum atomic E-state index is 0.983. The van der Waals surface area contributed by atoms with Crippen LogP contribution in [0.5, 0.6) is 0 Å². The van der Waals surface area contributed by atoms with Crippen LogP contribution < -0.4 is 10.6 Å². The summed E-state index contributed by atoms with van der Waals surface area (Å²) in [6.07, 6.45) is 9.39. The molecule has 2 heterocycles. The molecule has 0 unspecified atom stereocenters. The molecule has 0 fully saturated rings. The zero-order chi connectivity index (χ0) is 14.5. The Morgan fingerprint density at radius 2 is 2.19 bits per heavy atom. The molecule has 21 heavy (non-hydrogen) atoms. The van der Waals surface area contributed by atoms with Crippen LogP contribution in [0.15, 0.2) is 30.5 Å². The summed E-state index contributed by atoms with van der Waals surface area (Å²) in [4.78, 5) is 3.40. The van der Waals surface area contributed by atoms with Crippen molar-refractivity contribution in [2.45, 2.75) is 32.6 Å². The fraction of sp³-hybridized carbons (Fsp3) is 0.444. The van der Waals surface area contributed by atoms with E-state index < -0.39 is 0 Å². The van der Waals surface area contributed by atoms with Gasteiger partial charge in [-0.2, -0.15) is 0 Å². The van der Waals surface area contributed by atoms with Gasteiger partial charge in [-0.15, -0.1) is 0 Å². The monoisotopic (exact) mass is 283 g/mol. The summed E-state index contributed by atoms with van der Waals surface area (Å²) in [5, 5.41) is 8.26. The maximum atomic E-state index is 3.55. The van der Waals surface area contributed by atoms with Crippen LogP contribution in [0, 0.1) is 0 Å². The molecule has 1 aromatic carbocycles. The van der Waals surface area contributed by atoms with Crippen LogP contribution in [-0.4, -0.2) is 24.6 Å². The summed E-state index contributed by atoms with van der Waals surface area (Å²) in [5.41, 5.74) is 5.28. The molecule has 3 nitrogen and oxygen atoms in total. The van der Waals surface area contributed by atoms with Crippen molar-refractivity contribution >= 4 is 22.2 Å². The minimum absolute atomic E-state index is 0.983. The van der Waals surface area contributed by atoms with Gasteiger partial charge in [-0.1, -0.05) is 25.8 Å². The molecule has 0 aliphatic carbocycles. The number of fused-ring (bicyclic) bond motifs is 1. The van der Waals surface area contributed by atoms with Gasteiger partial charge in [0.05, 0.1) is 0 Å². The summed E-state index contributed by atoms with van der Waals surface area (Å²) in [6, 6.07) is 6.64. The highest BCUT2D eigenvalue weighted by atomic mass is 14.9. The first kappa shape index (κ1) is 14.2. The van der Waals surface area contributed by atoms with Crippen LogP contribution in [0.2, 0.25) is 0 Å². The Hall–Kier alpha value is -1.74. The zero-order valence-corrected chi connectivity index (χ0v) is 12.8. The summed E-state index contributed by atoms with van der Waals surface area (Å²) < 4.78 is 0. The van der Waals surface area contributed by atoms with Gasteiger partial charge in [0.15, 0.2) is 0 Å². The number of hydrogen-bond donors (Lipinski definition) is 3. The average Bonchev–Trinajstić information content (AvgIpc) is 2.95. The van der Waals surface area contributed by atoms with E-state index >= 15 is 0 Å². The molecule has 3 rings (SSSR count). The molecule has 0 bridgehead atoms. The Morgan fingerprint density at radius 1 is 1.24 bits per heavy atom. The van der Waals surface area contributed by atoms with E-state index in [-0.39, 0.29) is 0 Å². The molecule has 0 amide bonds. The molecule has 3 heteroatoms. The van der Waals surface area contributed by atoms with E-state index in [0.717, 1.165) is 26.1 Å². The van der Waals surface area contributed by atoms with E-state index in [1.807, 2.05) is 0 Å². The molecular formula is C18H25N3. The Balaban J connectivity index is 1.80. The highest BCUT2D eigenvalue weighted by Crippen LogP contribution is 2.29. The van der Waals surface area contributed by atoms with Crippen molar-refractivity contribution in [3.05, 3.63) is 36.0 Å². The molecule has 0 saturated carbocycles. The smallest absolute Gasteiger partial charge is 0.0461 e. The lowest BCUT2D eigenvalue weighted by molar-refractivity contribution is 0.739. The predicted octanol–water partition coefficient (Wildman–Crippen LogP) is 4.15. The van der Waals surface area contributed by atoms with Gasteiger partial charge in [-0.05, 0) is 43.2 Å². The van der Waals surface area contributed by atoms with Gasteiger partial charge < -0.3 is 15.6 Å². The van der Waals surface area contributed by atoms with Crippen molar-refractivity contribution in [2.75, 3.05) is 25.0 Å². The second kappa shape index (κ2) is 6.81. The normalized spacial score (nSPS) is 15.2. The summed E-state index contributed by atoms with van der Waals surface area (Å²) >= 11 is 0. The number of aromatic amines is 1. The average molecular weight is 283 g/mol. The van der Waals surface area contributed by atoms with Crippen LogP contribution in [-0.2, 0) is 0 Å². The molecule has 112 valence electrons. The maximum Gasteiger partial charge on any atom is 0.0461 e. The molecule has 3 N–H and O–H groups in total. The lowest BCUT2D eigenvalue weighted by atomic mass is 9.99. The SMILES string of the molecule is CCCCCNc1ccc2[nH]cc(C3=CCNCC3)c2c1. The molecule has 1 aliphatic heterocycles. The van der Waals surface area contributed by atoms with E-state index in [9.17, 15) is 0 Å². The molecule has 0 spiro atoms. The second-order valence-electron chi connectivity index (χ2n) is 5.78. The number of nitrogens with one attached hydrogen (secondary N) is 3. The van der Waals surface area contributed by atoms with Gasteiger partial charge in [0.2, 0.25) is 0 Å². The molecule has 0 saturated heterocycles. The van der Waals surface area contributed by atoms with Crippen molar-refractivity contribution in [1.29, 1.82) is 0 Å². The summed E-state index contributed by atoms with van der Waals surface area (Å²) in [6.45, 7) is 5.36. The zero-order valence-electron chi connectivity index (χ0n) is 12.8. The van der Waals surface area contributed by atoms with Gasteiger partial charge in [-0.3, -0.25) is 0 Å². The molecule has 0 radical (unpaired) electrons.